The van der Waals surface area contributed by atoms with Crippen molar-refractivity contribution in [3.8, 4) is 0 Å². The van der Waals surface area contributed by atoms with E-state index in [2.05, 4.69) is 9.55 Å². The Labute approximate surface area is 103 Å². The molecular formula is C14H22N2O. The Kier molecular flexibility index (Phi) is 2.95. The summed E-state index contributed by atoms with van der Waals surface area (Å²) in [7, 11) is 0. The van der Waals surface area contributed by atoms with E-state index >= 15 is 0 Å². The third kappa shape index (κ3) is 2.25. The lowest BCUT2D eigenvalue weighted by atomic mass is 9.84. The summed E-state index contributed by atoms with van der Waals surface area (Å²) in [6.45, 7) is 0.759. The Balaban J connectivity index is 1.78. The second-order valence-electron chi connectivity index (χ2n) is 5.76. The van der Waals surface area contributed by atoms with Gasteiger partial charge in [0, 0.05) is 5.69 Å². The average Bonchev–Trinajstić information content (AvgIpc) is 2.73. The van der Waals surface area contributed by atoms with Crippen LogP contribution in [0.25, 0.3) is 0 Å². The van der Waals surface area contributed by atoms with Crippen LogP contribution in [0.15, 0.2) is 6.33 Å². The predicted octanol–water partition coefficient (Wildman–Crippen LogP) is 2.46. The van der Waals surface area contributed by atoms with E-state index in [0.717, 1.165) is 32.2 Å². The van der Waals surface area contributed by atoms with E-state index < -0.39 is 5.60 Å². The van der Waals surface area contributed by atoms with Crippen LogP contribution in [-0.4, -0.2) is 20.3 Å². The molecule has 0 saturated heterocycles. The van der Waals surface area contributed by atoms with Crippen molar-refractivity contribution in [3.63, 3.8) is 0 Å². The van der Waals surface area contributed by atoms with Crippen molar-refractivity contribution in [2.45, 2.75) is 69.9 Å². The van der Waals surface area contributed by atoms with Crippen molar-refractivity contribution in [1.82, 2.24) is 9.55 Å². The molecule has 0 unspecified atom stereocenters. The summed E-state index contributed by atoms with van der Waals surface area (Å²) in [6, 6.07) is 0. The molecule has 2 aliphatic carbocycles. The fraction of sp³-hybridized carbons (Fsp3) is 0.786. The molecule has 0 spiro atoms. The standard InChI is InChI=1S/C14H22N2O/c17-14(8-4-1-5-9-14)10-16-11-15-12-6-2-3-7-13(12)16/h11,17H,1-10H2. The number of aliphatic hydroxyl groups is 1. The fourth-order valence-electron chi connectivity index (χ4n) is 3.35. The van der Waals surface area contributed by atoms with Gasteiger partial charge in [-0.15, -0.1) is 0 Å². The number of hydrogen-bond acceptors (Lipinski definition) is 2. The van der Waals surface area contributed by atoms with Gasteiger partial charge < -0.3 is 9.67 Å². The number of hydrogen-bond donors (Lipinski definition) is 1. The van der Waals surface area contributed by atoms with Crippen molar-refractivity contribution < 1.29 is 5.11 Å². The maximum Gasteiger partial charge on any atom is 0.0952 e. The molecule has 0 aromatic carbocycles. The zero-order chi connectivity index (χ0) is 11.7. The zero-order valence-electron chi connectivity index (χ0n) is 10.5. The molecule has 2 aliphatic rings. The summed E-state index contributed by atoms with van der Waals surface area (Å²) >= 11 is 0. The first-order valence-electron chi connectivity index (χ1n) is 7.02. The maximum absolute atomic E-state index is 10.6. The van der Waals surface area contributed by atoms with Gasteiger partial charge in [-0.2, -0.15) is 0 Å². The molecule has 1 aromatic rings. The lowest BCUT2D eigenvalue weighted by molar-refractivity contribution is -0.0121. The molecule has 94 valence electrons. The number of aryl methyl sites for hydroxylation is 1. The number of rotatable bonds is 2. The van der Waals surface area contributed by atoms with Gasteiger partial charge in [-0.25, -0.2) is 4.98 Å². The van der Waals surface area contributed by atoms with Gasteiger partial charge in [0.2, 0.25) is 0 Å². The van der Waals surface area contributed by atoms with E-state index in [-0.39, 0.29) is 0 Å². The number of nitrogens with zero attached hydrogens (tertiary/aromatic N) is 2. The molecule has 3 rings (SSSR count). The van der Waals surface area contributed by atoms with Crippen molar-refractivity contribution in [3.05, 3.63) is 17.7 Å². The predicted molar refractivity (Wildman–Crippen MR) is 66.9 cm³/mol. The van der Waals surface area contributed by atoms with Crippen molar-refractivity contribution in [1.29, 1.82) is 0 Å². The molecule has 0 radical (unpaired) electrons. The van der Waals surface area contributed by atoms with E-state index in [9.17, 15) is 5.11 Å². The van der Waals surface area contributed by atoms with E-state index in [4.69, 9.17) is 0 Å². The first kappa shape index (κ1) is 11.3. The average molecular weight is 234 g/mol. The van der Waals surface area contributed by atoms with E-state index in [1.807, 2.05) is 6.33 Å². The van der Waals surface area contributed by atoms with Gasteiger partial charge in [0.1, 0.15) is 0 Å². The van der Waals surface area contributed by atoms with Crippen LogP contribution in [0.3, 0.4) is 0 Å². The molecule has 1 fully saturated rings. The van der Waals surface area contributed by atoms with Crippen LogP contribution in [0.4, 0.5) is 0 Å². The maximum atomic E-state index is 10.6. The summed E-state index contributed by atoms with van der Waals surface area (Å²) < 4.78 is 2.22. The van der Waals surface area contributed by atoms with Crippen LogP contribution in [0.2, 0.25) is 0 Å². The Morgan fingerprint density at radius 1 is 1.12 bits per heavy atom. The van der Waals surface area contributed by atoms with Gasteiger partial charge in [0.25, 0.3) is 0 Å². The Bertz CT molecular complexity index is 391. The van der Waals surface area contributed by atoms with Gasteiger partial charge >= 0.3 is 0 Å². The smallest absolute Gasteiger partial charge is 0.0952 e. The highest BCUT2D eigenvalue weighted by atomic mass is 16.3. The minimum absolute atomic E-state index is 0.468. The third-order valence-electron chi connectivity index (χ3n) is 4.36. The fourth-order valence-corrected chi connectivity index (χ4v) is 3.35. The molecule has 3 heteroatoms. The molecular weight excluding hydrogens is 212 g/mol. The molecule has 0 atom stereocenters. The van der Waals surface area contributed by atoms with Crippen molar-refractivity contribution in [2.75, 3.05) is 0 Å². The minimum atomic E-state index is -0.468. The number of fused-ring (bicyclic) bond motifs is 1. The molecule has 1 N–H and O–H groups in total. The molecule has 1 saturated carbocycles. The first-order valence-corrected chi connectivity index (χ1v) is 7.02. The first-order chi connectivity index (χ1) is 8.27. The van der Waals surface area contributed by atoms with E-state index in [1.54, 1.807) is 0 Å². The lowest BCUT2D eigenvalue weighted by Gasteiger charge is -2.33. The summed E-state index contributed by atoms with van der Waals surface area (Å²) in [5, 5.41) is 10.6. The second kappa shape index (κ2) is 4.45. The summed E-state index contributed by atoms with van der Waals surface area (Å²) in [4.78, 5) is 4.51. The molecule has 0 bridgehead atoms. The largest absolute Gasteiger partial charge is 0.388 e. The van der Waals surface area contributed by atoms with E-state index in [1.165, 1.54) is 43.5 Å². The second-order valence-corrected chi connectivity index (χ2v) is 5.76. The van der Waals surface area contributed by atoms with Crippen LogP contribution in [-0.2, 0) is 19.4 Å². The van der Waals surface area contributed by atoms with Crippen LogP contribution in [0.5, 0.6) is 0 Å². The quantitative estimate of drug-likeness (QED) is 0.853. The molecule has 0 aliphatic heterocycles. The topological polar surface area (TPSA) is 38.0 Å². The Hall–Kier alpha value is -0.830. The monoisotopic (exact) mass is 234 g/mol. The summed E-state index contributed by atoms with van der Waals surface area (Å²) in [5.41, 5.74) is 2.19. The summed E-state index contributed by atoms with van der Waals surface area (Å²) in [6.07, 6.45) is 12.3. The van der Waals surface area contributed by atoms with Gasteiger partial charge in [-0.05, 0) is 38.5 Å². The number of aromatic nitrogens is 2. The van der Waals surface area contributed by atoms with Crippen molar-refractivity contribution >= 4 is 0 Å². The van der Waals surface area contributed by atoms with Crippen molar-refractivity contribution in [2.24, 2.45) is 0 Å². The molecule has 1 heterocycles. The van der Waals surface area contributed by atoms with Gasteiger partial charge in [-0.1, -0.05) is 19.3 Å². The van der Waals surface area contributed by atoms with Crippen LogP contribution < -0.4 is 0 Å². The van der Waals surface area contributed by atoms with Crippen LogP contribution in [0, 0.1) is 0 Å². The molecule has 17 heavy (non-hydrogen) atoms. The van der Waals surface area contributed by atoms with E-state index in [0.29, 0.717) is 0 Å². The highest BCUT2D eigenvalue weighted by Gasteiger charge is 2.30. The normalized spacial score (nSPS) is 23.4. The SMILES string of the molecule is OC1(Cn2cnc3c2CCCC3)CCCCC1. The van der Waals surface area contributed by atoms with Crippen LogP contribution >= 0.6 is 0 Å². The molecule has 1 aromatic heterocycles. The third-order valence-corrected chi connectivity index (χ3v) is 4.36. The highest BCUT2D eigenvalue weighted by molar-refractivity contribution is 5.16. The van der Waals surface area contributed by atoms with Crippen LogP contribution in [0.1, 0.15) is 56.3 Å². The number of imidazole rings is 1. The Morgan fingerprint density at radius 2 is 1.88 bits per heavy atom. The molecule has 3 nitrogen and oxygen atoms in total. The highest BCUT2D eigenvalue weighted by Crippen LogP contribution is 2.31. The zero-order valence-corrected chi connectivity index (χ0v) is 10.5. The molecule has 0 amide bonds. The summed E-state index contributed by atoms with van der Waals surface area (Å²) in [5.74, 6) is 0. The van der Waals surface area contributed by atoms with Gasteiger partial charge in [0.05, 0.1) is 24.2 Å². The lowest BCUT2D eigenvalue weighted by Crippen LogP contribution is -2.36. The Morgan fingerprint density at radius 3 is 2.71 bits per heavy atom. The minimum Gasteiger partial charge on any atom is -0.388 e. The van der Waals surface area contributed by atoms with Gasteiger partial charge in [-0.3, -0.25) is 0 Å². The van der Waals surface area contributed by atoms with Gasteiger partial charge in [0.15, 0.2) is 0 Å².